The van der Waals surface area contributed by atoms with Gasteiger partial charge in [0, 0.05) is 6.61 Å². The van der Waals surface area contributed by atoms with Crippen LogP contribution in [0.25, 0.3) is 0 Å². The lowest BCUT2D eigenvalue weighted by Gasteiger charge is -2.03. The molecule has 2 heteroatoms. The monoisotopic (exact) mass is 162 g/mol. The van der Waals surface area contributed by atoms with E-state index in [1.54, 1.807) is 0 Å². The molecule has 1 saturated carbocycles. The van der Waals surface area contributed by atoms with Gasteiger partial charge in [-0.3, -0.25) is 0 Å². The van der Waals surface area contributed by atoms with Crippen LogP contribution in [0.4, 0.5) is 0 Å². The Hall–Kier alpha value is 0.250. The first-order valence-corrected chi connectivity index (χ1v) is 4.48. The second kappa shape index (κ2) is 4.20. The van der Waals surface area contributed by atoms with Gasteiger partial charge in [0.05, 0.1) is 0 Å². The summed E-state index contributed by atoms with van der Waals surface area (Å²) in [7, 11) is 0. The largest absolute Gasteiger partial charge is 0.363 e. The molecule has 0 radical (unpaired) electrons. The second-order valence-corrected chi connectivity index (χ2v) is 3.61. The molecule has 0 aliphatic heterocycles. The molecule has 0 amide bonds. The molecule has 1 fully saturated rings. The number of alkyl halides is 1. The van der Waals surface area contributed by atoms with Crippen LogP contribution in [-0.2, 0) is 4.74 Å². The average Bonchev–Trinajstić information content (AvgIpc) is 2.62. The number of rotatable bonds is 5. The highest BCUT2D eigenvalue weighted by molar-refractivity contribution is 6.19. The second-order valence-electron chi connectivity index (χ2n) is 3.00. The summed E-state index contributed by atoms with van der Waals surface area (Å²) in [6.07, 6.45) is 5.40. The SMILES string of the molecule is CC(Cl)OCCCC1CC1. The van der Waals surface area contributed by atoms with E-state index >= 15 is 0 Å². The summed E-state index contributed by atoms with van der Waals surface area (Å²) in [6.45, 7) is 2.69. The quantitative estimate of drug-likeness (QED) is 0.446. The van der Waals surface area contributed by atoms with E-state index in [2.05, 4.69) is 0 Å². The number of hydrogen-bond acceptors (Lipinski definition) is 1. The van der Waals surface area contributed by atoms with Crippen LogP contribution >= 0.6 is 11.6 Å². The van der Waals surface area contributed by atoms with Crippen molar-refractivity contribution in [3.05, 3.63) is 0 Å². The highest BCUT2D eigenvalue weighted by Crippen LogP contribution is 2.33. The van der Waals surface area contributed by atoms with E-state index in [4.69, 9.17) is 16.3 Å². The maximum absolute atomic E-state index is 5.59. The van der Waals surface area contributed by atoms with Crippen molar-refractivity contribution >= 4 is 11.6 Å². The van der Waals surface area contributed by atoms with Gasteiger partial charge in [0.2, 0.25) is 0 Å². The van der Waals surface area contributed by atoms with Crippen LogP contribution in [0.3, 0.4) is 0 Å². The maximum atomic E-state index is 5.59. The van der Waals surface area contributed by atoms with Crippen molar-refractivity contribution < 1.29 is 4.74 Å². The van der Waals surface area contributed by atoms with Gasteiger partial charge in [-0.2, -0.15) is 0 Å². The van der Waals surface area contributed by atoms with Gasteiger partial charge in [0.15, 0.2) is 0 Å². The lowest BCUT2D eigenvalue weighted by Crippen LogP contribution is -2.00. The summed E-state index contributed by atoms with van der Waals surface area (Å²) in [4.78, 5) is 0. The number of hydrogen-bond donors (Lipinski definition) is 0. The molecule has 1 aliphatic carbocycles. The first-order chi connectivity index (χ1) is 4.79. The molecule has 1 atom stereocenters. The summed E-state index contributed by atoms with van der Waals surface area (Å²) in [5.41, 5.74) is -0.112. The molecule has 0 N–H and O–H groups in total. The van der Waals surface area contributed by atoms with Gasteiger partial charge in [-0.15, -0.1) is 0 Å². The predicted molar refractivity (Wildman–Crippen MR) is 43.2 cm³/mol. The maximum Gasteiger partial charge on any atom is 0.128 e. The fourth-order valence-corrected chi connectivity index (χ4v) is 1.11. The zero-order valence-electron chi connectivity index (χ0n) is 6.48. The minimum Gasteiger partial charge on any atom is -0.363 e. The fraction of sp³-hybridized carbons (Fsp3) is 1.00. The van der Waals surface area contributed by atoms with E-state index in [0.29, 0.717) is 0 Å². The highest BCUT2D eigenvalue weighted by atomic mass is 35.5. The van der Waals surface area contributed by atoms with Crippen molar-refractivity contribution in [2.24, 2.45) is 5.92 Å². The summed E-state index contributed by atoms with van der Waals surface area (Å²) in [5.74, 6) is 1.02. The Kier molecular flexibility index (Phi) is 3.50. The van der Waals surface area contributed by atoms with Crippen LogP contribution in [0.2, 0.25) is 0 Å². The van der Waals surface area contributed by atoms with Gasteiger partial charge in [0.25, 0.3) is 0 Å². The summed E-state index contributed by atoms with van der Waals surface area (Å²) in [5, 5.41) is 0. The lowest BCUT2D eigenvalue weighted by atomic mass is 10.2. The zero-order valence-corrected chi connectivity index (χ0v) is 7.23. The summed E-state index contributed by atoms with van der Waals surface area (Å²) >= 11 is 5.59. The van der Waals surface area contributed by atoms with Crippen molar-refractivity contribution in [2.45, 2.75) is 38.2 Å². The molecule has 1 nitrogen and oxygen atoms in total. The topological polar surface area (TPSA) is 9.23 Å². The zero-order chi connectivity index (χ0) is 7.40. The Morgan fingerprint density at radius 2 is 2.30 bits per heavy atom. The molecule has 0 saturated heterocycles. The van der Waals surface area contributed by atoms with E-state index < -0.39 is 0 Å². The first kappa shape index (κ1) is 8.35. The third kappa shape index (κ3) is 4.13. The smallest absolute Gasteiger partial charge is 0.128 e. The van der Waals surface area contributed by atoms with Crippen LogP contribution < -0.4 is 0 Å². The molecule has 0 aromatic carbocycles. The predicted octanol–water partition coefficient (Wildman–Crippen LogP) is 2.78. The molecule has 10 heavy (non-hydrogen) atoms. The molecule has 1 unspecified atom stereocenters. The van der Waals surface area contributed by atoms with E-state index in [1.165, 1.54) is 25.7 Å². The molecule has 1 aliphatic rings. The fourth-order valence-electron chi connectivity index (χ4n) is 1.02. The Bertz CT molecular complexity index is 85.3. The van der Waals surface area contributed by atoms with Crippen LogP contribution in [-0.4, -0.2) is 12.2 Å². The minimum atomic E-state index is -0.112. The molecule has 0 aromatic heterocycles. The molecular weight excluding hydrogens is 148 g/mol. The van der Waals surface area contributed by atoms with Crippen LogP contribution in [0.5, 0.6) is 0 Å². The molecule has 0 aromatic rings. The van der Waals surface area contributed by atoms with Crippen LogP contribution in [0.15, 0.2) is 0 Å². The van der Waals surface area contributed by atoms with Gasteiger partial charge in [-0.1, -0.05) is 24.4 Å². The number of halogens is 1. The van der Waals surface area contributed by atoms with Crippen LogP contribution in [0, 0.1) is 5.92 Å². The average molecular weight is 163 g/mol. The Balaban J connectivity index is 1.76. The molecule has 0 spiro atoms. The van der Waals surface area contributed by atoms with Crippen molar-refractivity contribution in [3.8, 4) is 0 Å². The van der Waals surface area contributed by atoms with Crippen molar-refractivity contribution in [1.82, 2.24) is 0 Å². The van der Waals surface area contributed by atoms with Crippen molar-refractivity contribution in [1.29, 1.82) is 0 Å². The molecule has 0 heterocycles. The first-order valence-electron chi connectivity index (χ1n) is 4.04. The van der Waals surface area contributed by atoms with Crippen LogP contribution in [0.1, 0.15) is 32.6 Å². The van der Waals surface area contributed by atoms with Gasteiger partial charge < -0.3 is 4.74 Å². The van der Waals surface area contributed by atoms with Crippen molar-refractivity contribution in [3.63, 3.8) is 0 Å². The lowest BCUT2D eigenvalue weighted by molar-refractivity contribution is 0.114. The molecule has 0 bridgehead atoms. The summed E-state index contributed by atoms with van der Waals surface area (Å²) in [6, 6.07) is 0. The molecule has 1 rings (SSSR count). The normalized spacial score (nSPS) is 21.0. The van der Waals surface area contributed by atoms with Gasteiger partial charge in [-0.05, 0) is 25.7 Å². The van der Waals surface area contributed by atoms with E-state index in [1.807, 2.05) is 6.92 Å². The van der Waals surface area contributed by atoms with Gasteiger partial charge in [-0.25, -0.2) is 0 Å². The Labute approximate surface area is 67.7 Å². The van der Waals surface area contributed by atoms with E-state index in [-0.39, 0.29) is 5.56 Å². The molecule has 60 valence electrons. The third-order valence-corrected chi connectivity index (χ3v) is 1.93. The molecular formula is C8H15ClO. The van der Waals surface area contributed by atoms with Crippen molar-refractivity contribution in [2.75, 3.05) is 6.61 Å². The number of ether oxygens (including phenoxy) is 1. The standard InChI is InChI=1S/C8H15ClO/c1-7(9)10-6-2-3-8-4-5-8/h7-8H,2-6H2,1H3. The van der Waals surface area contributed by atoms with E-state index in [9.17, 15) is 0 Å². The van der Waals surface area contributed by atoms with Gasteiger partial charge in [0.1, 0.15) is 5.56 Å². The highest BCUT2D eigenvalue weighted by Gasteiger charge is 2.19. The minimum absolute atomic E-state index is 0.112. The Morgan fingerprint density at radius 3 is 2.80 bits per heavy atom. The van der Waals surface area contributed by atoms with Gasteiger partial charge >= 0.3 is 0 Å². The Morgan fingerprint density at radius 1 is 1.60 bits per heavy atom. The van der Waals surface area contributed by atoms with E-state index in [0.717, 1.165) is 12.5 Å². The third-order valence-electron chi connectivity index (χ3n) is 1.80. The summed E-state index contributed by atoms with van der Waals surface area (Å²) < 4.78 is 5.19.